The van der Waals surface area contributed by atoms with Gasteiger partial charge in [-0.3, -0.25) is 0 Å². The smallest absolute Gasteiger partial charge is 0.115 e. The van der Waals surface area contributed by atoms with E-state index in [2.05, 4.69) is 38.7 Å². The van der Waals surface area contributed by atoms with E-state index in [9.17, 15) is 5.11 Å². The molecule has 2 atom stereocenters. The Morgan fingerprint density at radius 1 is 1.50 bits per heavy atom. The third-order valence-electron chi connectivity index (χ3n) is 2.36. The third kappa shape index (κ3) is 6.74. The lowest BCUT2D eigenvalue weighted by atomic mass is 9.98. The van der Waals surface area contributed by atoms with E-state index in [1.54, 1.807) is 6.92 Å². The highest BCUT2D eigenvalue weighted by Gasteiger charge is 2.06. The first kappa shape index (κ1) is 13.3. The van der Waals surface area contributed by atoms with Gasteiger partial charge in [-0.2, -0.15) is 0 Å². The third-order valence-corrected chi connectivity index (χ3v) is 2.36. The molecule has 0 aromatic heterocycles. The number of hydrogen-bond acceptors (Lipinski definition) is 1. The normalized spacial score (nSPS) is 15.6. The van der Waals surface area contributed by atoms with E-state index in [-0.39, 0.29) is 0 Å². The van der Waals surface area contributed by atoms with Crippen molar-refractivity contribution >= 4 is 0 Å². The van der Waals surface area contributed by atoms with Crippen LogP contribution in [0.25, 0.3) is 0 Å². The van der Waals surface area contributed by atoms with Gasteiger partial charge in [0.2, 0.25) is 0 Å². The second kappa shape index (κ2) is 7.64. The quantitative estimate of drug-likeness (QED) is 0.526. The summed E-state index contributed by atoms with van der Waals surface area (Å²) in [5.74, 6) is 6.00. The summed E-state index contributed by atoms with van der Waals surface area (Å²) >= 11 is 0. The Labute approximate surface area is 88.2 Å². The number of hydrogen-bond donors (Lipinski definition) is 1. The van der Waals surface area contributed by atoms with Crippen molar-refractivity contribution in [3.63, 3.8) is 0 Å². The first-order valence-corrected chi connectivity index (χ1v) is 5.36. The fourth-order valence-corrected chi connectivity index (χ4v) is 1.25. The van der Waals surface area contributed by atoms with E-state index in [1.807, 2.05) is 0 Å². The maximum absolute atomic E-state index is 9.45. The minimum atomic E-state index is -0.453. The molecule has 1 heteroatoms. The average molecular weight is 194 g/mol. The molecule has 0 saturated heterocycles. The summed E-state index contributed by atoms with van der Waals surface area (Å²) < 4.78 is 0. The Morgan fingerprint density at radius 3 is 2.64 bits per heavy atom. The van der Waals surface area contributed by atoms with Gasteiger partial charge < -0.3 is 5.11 Å². The number of allylic oxidation sites excluding steroid dienone is 2. The molecule has 0 aromatic carbocycles. The molecule has 2 unspecified atom stereocenters. The molecule has 0 aliphatic rings. The standard InChI is InChI=1S/C13H22O/c1-5-7-13(14)10-12(4)9-8-11(3)6-2/h8,12-14H,6,9-10H2,1-4H3. The molecule has 0 rings (SSSR count). The van der Waals surface area contributed by atoms with Crippen LogP contribution in [0.2, 0.25) is 0 Å². The first-order chi connectivity index (χ1) is 6.60. The van der Waals surface area contributed by atoms with Crippen molar-refractivity contribution in [2.75, 3.05) is 0 Å². The van der Waals surface area contributed by atoms with Crippen LogP contribution in [0.15, 0.2) is 11.6 Å². The number of aliphatic hydroxyl groups excluding tert-OH is 1. The van der Waals surface area contributed by atoms with Gasteiger partial charge in [-0.1, -0.05) is 31.4 Å². The molecular weight excluding hydrogens is 172 g/mol. The van der Waals surface area contributed by atoms with Crippen LogP contribution in [-0.4, -0.2) is 11.2 Å². The molecule has 0 aromatic rings. The summed E-state index contributed by atoms with van der Waals surface area (Å²) in [6.45, 7) is 8.22. The van der Waals surface area contributed by atoms with E-state index in [0.29, 0.717) is 5.92 Å². The van der Waals surface area contributed by atoms with Crippen molar-refractivity contribution < 1.29 is 5.11 Å². The van der Waals surface area contributed by atoms with Gasteiger partial charge in [-0.05, 0) is 39.0 Å². The Balaban J connectivity index is 3.84. The molecule has 0 radical (unpaired) electrons. The Kier molecular flexibility index (Phi) is 7.24. The van der Waals surface area contributed by atoms with Crippen molar-refractivity contribution in [2.45, 2.75) is 53.1 Å². The van der Waals surface area contributed by atoms with Crippen molar-refractivity contribution in [3.05, 3.63) is 11.6 Å². The van der Waals surface area contributed by atoms with E-state index in [1.165, 1.54) is 5.57 Å². The summed E-state index contributed by atoms with van der Waals surface area (Å²) in [4.78, 5) is 0. The highest BCUT2D eigenvalue weighted by atomic mass is 16.3. The fourth-order valence-electron chi connectivity index (χ4n) is 1.25. The largest absolute Gasteiger partial charge is 0.380 e. The molecule has 0 aliphatic heterocycles. The zero-order chi connectivity index (χ0) is 11.0. The summed E-state index contributed by atoms with van der Waals surface area (Å²) in [5, 5.41) is 9.45. The molecular formula is C13H22O. The van der Waals surface area contributed by atoms with E-state index in [4.69, 9.17) is 0 Å². The van der Waals surface area contributed by atoms with E-state index < -0.39 is 6.10 Å². The summed E-state index contributed by atoms with van der Waals surface area (Å²) in [5.41, 5.74) is 1.42. The van der Waals surface area contributed by atoms with E-state index in [0.717, 1.165) is 19.3 Å². The van der Waals surface area contributed by atoms with Gasteiger partial charge in [-0.25, -0.2) is 0 Å². The average Bonchev–Trinajstić information content (AvgIpc) is 2.14. The summed E-state index contributed by atoms with van der Waals surface area (Å²) in [6, 6.07) is 0. The van der Waals surface area contributed by atoms with Gasteiger partial charge in [-0.15, -0.1) is 5.92 Å². The van der Waals surface area contributed by atoms with Crippen LogP contribution in [0, 0.1) is 17.8 Å². The molecule has 14 heavy (non-hydrogen) atoms. The topological polar surface area (TPSA) is 20.2 Å². The maximum Gasteiger partial charge on any atom is 0.115 e. The van der Waals surface area contributed by atoms with Gasteiger partial charge in [0.15, 0.2) is 0 Å². The van der Waals surface area contributed by atoms with Crippen LogP contribution in [-0.2, 0) is 0 Å². The van der Waals surface area contributed by atoms with Crippen molar-refractivity contribution in [3.8, 4) is 11.8 Å². The van der Waals surface area contributed by atoms with Crippen LogP contribution in [0.5, 0.6) is 0 Å². The van der Waals surface area contributed by atoms with Crippen LogP contribution < -0.4 is 0 Å². The lowest BCUT2D eigenvalue weighted by Gasteiger charge is -2.10. The molecule has 0 heterocycles. The SMILES string of the molecule is CC#CC(O)CC(C)CC=C(C)CC. The second-order valence-corrected chi connectivity index (χ2v) is 3.89. The molecule has 0 aliphatic carbocycles. The van der Waals surface area contributed by atoms with Gasteiger partial charge in [0, 0.05) is 0 Å². The highest BCUT2D eigenvalue weighted by molar-refractivity contribution is 5.03. The van der Waals surface area contributed by atoms with Crippen molar-refractivity contribution in [1.29, 1.82) is 0 Å². The van der Waals surface area contributed by atoms with Crippen LogP contribution in [0.1, 0.15) is 47.0 Å². The molecule has 80 valence electrons. The van der Waals surface area contributed by atoms with Gasteiger partial charge in [0.1, 0.15) is 6.10 Å². The minimum Gasteiger partial charge on any atom is -0.380 e. The maximum atomic E-state index is 9.45. The Morgan fingerprint density at radius 2 is 2.14 bits per heavy atom. The summed E-state index contributed by atoms with van der Waals surface area (Å²) in [6.07, 6.45) is 4.74. The van der Waals surface area contributed by atoms with Gasteiger partial charge in [0.25, 0.3) is 0 Å². The van der Waals surface area contributed by atoms with Crippen molar-refractivity contribution in [1.82, 2.24) is 0 Å². The molecule has 0 saturated carbocycles. The molecule has 0 fully saturated rings. The van der Waals surface area contributed by atoms with E-state index >= 15 is 0 Å². The first-order valence-electron chi connectivity index (χ1n) is 5.36. The molecule has 1 nitrogen and oxygen atoms in total. The summed E-state index contributed by atoms with van der Waals surface area (Å²) in [7, 11) is 0. The van der Waals surface area contributed by atoms with Crippen LogP contribution in [0.3, 0.4) is 0 Å². The predicted octanol–water partition coefficient (Wildman–Crippen LogP) is 3.14. The highest BCUT2D eigenvalue weighted by Crippen LogP contribution is 2.13. The molecule has 0 amide bonds. The Hall–Kier alpha value is -0.740. The zero-order valence-electron chi connectivity index (χ0n) is 9.80. The minimum absolute atomic E-state index is 0.453. The van der Waals surface area contributed by atoms with Gasteiger partial charge in [0.05, 0.1) is 0 Å². The predicted molar refractivity (Wildman–Crippen MR) is 61.9 cm³/mol. The monoisotopic (exact) mass is 194 g/mol. The van der Waals surface area contributed by atoms with Gasteiger partial charge >= 0.3 is 0 Å². The lowest BCUT2D eigenvalue weighted by molar-refractivity contribution is 0.200. The van der Waals surface area contributed by atoms with Crippen molar-refractivity contribution in [2.24, 2.45) is 5.92 Å². The molecule has 0 bridgehead atoms. The number of aliphatic hydroxyl groups is 1. The number of rotatable bonds is 5. The van der Waals surface area contributed by atoms with Crippen LogP contribution in [0.4, 0.5) is 0 Å². The molecule has 1 N–H and O–H groups in total. The molecule has 0 spiro atoms. The fraction of sp³-hybridized carbons (Fsp3) is 0.692. The second-order valence-electron chi connectivity index (χ2n) is 3.89. The zero-order valence-corrected chi connectivity index (χ0v) is 9.80. The Bertz CT molecular complexity index is 229. The van der Waals surface area contributed by atoms with Crippen LogP contribution >= 0.6 is 0 Å². The lowest BCUT2D eigenvalue weighted by Crippen LogP contribution is -2.08.